The minimum absolute atomic E-state index is 0.468. The van der Waals surface area contributed by atoms with Gasteiger partial charge in [-0.15, -0.1) is 0 Å². The molecule has 0 spiro atoms. The van der Waals surface area contributed by atoms with Crippen molar-refractivity contribution in [3.63, 3.8) is 0 Å². The molecule has 6 heteroatoms. The van der Waals surface area contributed by atoms with Gasteiger partial charge in [0.2, 0.25) is 0 Å². The Bertz CT molecular complexity index is 243. The Morgan fingerprint density at radius 3 is 2.53 bits per heavy atom. The van der Waals surface area contributed by atoms with Crippen molar-refractivity contribution in [2.24, 2.45) is 0 Å². The molecule has 0 saturated carbocycles. The molecule has 0 amide bonds. The van der Waals surface area contributed by atoms with Gasteiger partial charge in [-0.1, -0.05) is 0 Å². The Labute approximate surface area is 87.4 Å². The zero-order chi connectivity index (χ0) is 11.2. The van der Waals surface area contributed by atoms with E-state index in [0.29, 0.717) is 0 Å². The molecule has 0 aliphatic carbocycles. The van der Waals surface area contributed by atoms with Gasteiger partial charge in [0.05, 0.1) is 6.61 Å². The van der Waals surface area contributed by atoms with E-state index in [-0.39, 0.29) is 0 Å². The van der Waals surface area contributed by atoms with Gasteiger partial charge in [-0.3, -0.25) is 0 Å². The lowest BCUT2D eigenvalue weighted by Gasteiger charge is -2.24. The quantitative estimate of drug-likeness (QED) is 0.529. The van der Waals surface area contributed by atoms with E-state index in [2.05, 4.69) is 0 Å². The van der Waals surface area contributed by atoms with Crippen LogP contribution in [0.4, 0.5) is 0 Å². The van der Waals surface area contributed by atoms with Crippen LogP contribution in [0.15, 0.2) is 0 Å². The van der Waals surface area contributed by atoms with E-state index >= 15 is 0 Å². The fourth-order valence-electron chi connectivity index (χ4n) is 1.94. The summed E-state index contributed by atoms with van der Waals surface area (Å²) in [6, 6.07) is 0. The van der Waals surface area contributed by atoms with E-state index in [1.165, 1.54) is 0 Å². The summed E-state index contributed by atoms with van der Waals surface area (Å²) in [4.78, 5) is 0. The van der Waals surface area contributed by atoms with Gasteiger partial charge < -0.3 is 29.5 Å². The first-order valence-corrected chi connectivity index (χ1v) is 4.93. The zero-order valence-corrected chi connectivity index (χ0v) is 8.66. The van der Waals surface area contributed by atoms with Gasteiger partial charge in [0.25, 0.3) is 0 Å². The third-order valence-electron chi connectivity index (χ3n) is 2.62. The van der Waals surface area contributed by atoms with Gasteiger partial charge in [0, 0.05) is 0 Å². The van der Waals surface area contributed by atoms with Crippen LogP contribution in [0.2, 0.25) is 0 Å². The topological polar surface area (TPSA) is 88.4 Å². The Morgan fingerprint density at radius 2 is 2.00 bits per heavy atom. The largest absolute Gasteiger partial charge is 0.394 e. The second kappa shape index (κ2) is 3.65. The molecule has 0 aromatic carbocycles. The van der Waals surface area contributed by atoms with Crippen molar-refractivity contribution in [3.05, 3.63) is 0 Å². The van der Waals surface area contributed by atoms with Crippen molar-refractivity contribution in [1.29, 1.82) is 0 Å². The monoisotopic (exact) mass is 220 g/mol. The zero-order valence-electron chi connectivity index (χ0n) is 8.66. The second-order valence-electron chi connectivity index (χ2n) is 4.31. The minimum Gasteiger partial charge on any atom is -0.394 e. The molecular weight excluding hydrogens is 204 g/mol. The van der Waals surface area contributed by atoms with Crippen molar-refractivity contribution in [2.75, 3.05) is 6.61 Å². The molecule has 2 heterocycles. The fraction of sp³-hybridized carbons (Fsp3) is 1.00. The van der Waals surface area contributed by atoms with Crippen LogP contribution in [0.1, 0.15) is 13.8 Å². The van der Waals surface area contributed by atoms with Crippen LogP contribution >= 0.6 is 0 Å². The van der Waals surface area contributed by atoms with Crippen LogP contribution in [0.5, 0.6) is 0 Å². The maximum absolute atomic E-state index is 9.79. The Balaban J connectivity index is 2.05. The minimum atomic E-state index is -1.12. The predicted molar refractivity (Wildman–Crippen MR) is 47.8 cm³/mol. The molecule has 2 rings (SSSR count). The predicted octanol–water partition coefficient (Wildman–Crippen LogP) is -1.42. The first-order chi connectivity index (χ1) is 6.94. The van der Waals surface area contributed by atoms with E-state index < -0.39 is 43.1 Å². The van der Waals surface area contributed by atoms with Gasteiger partial charge in [0.15, 0.2) is 12.1 Å². The molecule has 88 valence electrons. The third kappa shape index (κ3) is 1.89. The van der Waals surface area contributed by atoms with Crippen LogP contribution in [0, 0.1) is 0 Å². The summed E-state index contributed by atoms with van der Waals surface area (Å²) >= 11 is 0. The summed E-state index contributed by atoms with van der Waals surface area (Å²) in [7, 11) is 0. The fourth-order valence-corrected chi connectivity index (χ4v) is 1.94. The summed E-state index contributed by atoms with van der Waals surface area (Å²) < 4.78 is 16.1. The number of hydrogen-bond donors (Lipinski definition) is 3. The van der Waals surface area contributed by atoms with Gasteiger partial charge in [-0.05, 0) is 13.8 Å². The maximum Gasteiger partial charge on any atom is 0.190 e. The molecule has 3 N–H and O–H groups in total. The van der Waals surface area contributed by atoms with Crippen LogP contribution in [0.3, 0.4) is 0 Å². The third-order valence-corrected chi connectivity index (χ3v) is 2.62. The normalized spacial score (nSPS) is 45.4. The van der Waals surface area contributed by atoms with Gasteiger partial charge in [0.1, 0.15) is 24.4 Å². The highest BCUT2D eigenvalue weighted by Crippen LogP contribution is 2.38. The number of hydrogen-bond acceptors (Lipinski definition) is 6. The lowest BCUT2D eigenvalue weighted by atomic mass is 10.1. The number of fused-ring (bicyclic) bond motifs is 1. The number of aliphatic hydroxyl groups is 3. The molecule has 3 unspecified atom stereocenters. The summed E-state index contributed by atoms with van der Waals surface area (Å²) in [5, 5.41) is 27.9. The lowest BCUT2D eigenvalue weighted by molar-refractivity contribution is -0.227. The molecule has 0 aromatic heterocycles. The Kier molecular flexibility index (Phi) is 2.74. The van der Waals surface area contributed by atoms with E-state index in [0.717, 1.165) is 0 Å². The molecule has 2 aliphatic heterocycles. The summed E-state index contributed by atoms with van der Waals surface area (Å²) in [5.41, 5.74) is 0. The van der Waals surface area contributed by atoms with Crippen molar-refractivity contribution < 1.29 is 29.5 Å². The van der Waals surface area contributed by atoms with E-state index in [9.17, 15) is 10.2 Å². The summed E-state index contributed by atoms with van der Waals surface area (Å²) in [6.45, 7) is 2.97. The summed E-state index contributed by atoms with van der Waals surface area (Å²) in [6.07, 6.45) is -4.26. The number of rotatable bonds is 2. The van der Waals surface area contributed by atoms with Gasteiger partial charge in [-0.2, -0.15) is 0 Å². The second-order valence-corrected chi connectivity index (χ2v) is 4.31. The molecule has 2 fully saturated rings. The lowest BCUT2D eigenvalue weighted by Crippen LogP contribution is -2.42. The summed E-state index contributed by atoms with van der Waals surface area (Å²) in [5.74, 6) is -0.786. The Morgan fingerprint density at radius 1 is 1.33 bits per heavy atom. The molecular formula is C9H16O6. The van der Waals surface area contributed by atoms with Gasteiger partial charge in [-0.25, -0.2) is 0 Å². The van der Waals surface area contributed by atoms with Crippen LogP contribution < -0.4 is 0 Å². The molecule has 0 aromatic rings. The van der Waals surface area contributed by atoms with Crippen LogP contribution in [0.25, 0.3) is 0 Å². The molecule has 0 bridgehead atoms. The molecule has 0 radical (unpaired) electrons. The smallest absolute Gasteiger partial charge is 0.190 e. The highest BCUT2D eigenvalue weighted by atomic mass is 16.8. The standard InChI is InChI=1S/C9H16O6/c1-9(2)14-7-5(12)6(4(11)3-10)13-8(7)15-9/h4-8,10-12H,3H2,1-2H3/t4?,5-,6-,7?,8?/m1/s1. The van der Waals surface area contributed by atoms with Crippen molar-refractivity contribution in [3.8, 4) is 0 Å². The van der Waals surface area contributed by atoms with E-state index in [1.54, 1.807) is 13.8 Å². The average molecular weight is 220 g/mol. The molecule has 6 nitrogen and oxygen atoms in total. The van der Waals surface area contributed by atoms with E-state index in [4.69, 9.17) is 19.3 Å². The first kappa shape index (κ1) is 11.3. The first-order valence-electron chi connectivity index (χ1n) is 4.93. The van der Waals surface area contributed by atoms with E-state index in [1.807, 2.05) is 0 Å². The SMILES string of the molecule is CC1(C)OC2O[C@H](C(O)CO)[C@@H](O)C2O1. The van der Waals surface area contributed by atoms with Crippen LogP contribution in [-0.4, -0.2) is 58.4 Å². The molecule has 2 aliphatic rings. The molecule has 5 atom stereocenters. The number of ether oxygens (including phenoxy) is 3. The molecule has 15 heavy (non-hydrogen) atoms. The van der Waals surface area contributed by atoms with Crippen molar-refractivity contribution in [2.45, 2.75) is 50.3 Å². The Hall–Kier alpha value is -0.240. The number of aliphatic hydroxyl groups excluding tert-OH is 3. The highest BCUT2D eigenvalue weighted by Gasteiger charge is 2.55. The van der Waals surface area contributed by atoms with Crippen molar-refractivity contribution >= 4 is 0 Å². The molecule has 2 saturated heterocycles. The van der Waals surface area contributed by atoms with Gasteiger partial charge >= 0.3 is 0 Å². The van der Waals surface area contributed by atoms with Crippen molar-refractivity contribution in [1.82, 2.24) is 0 Å². The maximum atomic E-state index is 9.79. The van der Waals surface area contributed by atoms with Crippen LogP contribution in [-0.2, 0) is 14.2 Å². The highest BCUT2D eigenvalue weighted by molar-refractivity contribution is 4.95. The average Bonchev–Trinajstić information content (AvgIpc) is 2.60.